The molecule has 0 amide bonds. The van der Waals surface area contributed by atoms with Crippen molar-refractivity contribution in [2.45, 2.75) is 4.90 Å². The summed E-state index contributed by atoms with van der Waals surface area (Å²) in [5.74, 6) is 0. The molecule has 0 fully saturated rings. The number of hydrogen-bond acceptors (Lipinski definition) is 2. The summed E-state index contributed by atoms with van der Waals surface area (Å²) in [6.45, 7) is 0. The van der Waals surface area contributed by atoms with Gasteiger partial charge in [-0.15, -0.1) is 0 Å². The van der Waals surface area contributed by atoms with Gasteiger partial charge in [-0.05, 0) is 33.9 Å². The van der Waals surface area contributed by atoms with Gasteiger partial charge < -0.3 is 2.85 Å². The van der Waals surface area contributed by atoms with Gasteiger partial charge in [0.25, 0.3) is 10.1 Å². The molecule has 4 aromatic carbocycles. The first kappa shape index (κ1) is 28.5. The predicted octanol–water partition coefficient (Wildman–Crippen LogP) is 1.17. The summed E-state index contributed by atoms with van der Waals surface area (Å²) in [5, 5.41) is 0. The quantitative estimate of drug-likeness (QED) is 0.253. The fraction of sp³-hybridized carbons (Fsp3) is 0. The summed E-state index contributed by atoms with van der Waals surface area (Å²) in [6, 6.07) is 32.3. The molecule has 6 heteroatoms. The van der Waals surface area contributed by atoms with Crippen LogP contribution in [0.4, 0.5) is 0 Å². The maximum Gasteiger partial charge on any atom is 1.00 e. The minimum absolute atomic E-state index is 0. The third-order valence-electron chi connectivity index (χ3n) is 5.04. The maximum atomic E-state index is 12.1. The molecule has 0 saturated carbocycles. The molecule has 0 unspecified atom stereocenters. The Balaban J connectivity index is 0.00000306. The molecule has 162 valence electrons. The Labute approximate surface area is 248 Å². The van der Waals surface area contributed by atoms with Crippen molar-refractivity contribution >= 4 is 34.4 Å². The van der Waals surface area contributed by atoms with Crippen LogP contribution in [-0.2, 0) is 10.1 Å². The van der Waals surface area contributed by atoms with Gasteiger partial charge in [-0.1, -0.05) is 121 Å². The van der Waals surface area contributed by atoms with Crippen LogP contribution in [0.25, 0.3) is 35.4 Å². The van der Waals surface area contributed by atoms with E-state index in [4.69, 9.17) is 0 Å². The van der Waals surface area contributed by atoms with Gasteiger partial charge in [0, 0.05) is 5.56 Å². The average Bonchev–Trinajstić information content (AvgIpc) is 2.82. The minimum Gasteiger partial charge on any atom is -1.00 e. The number of rotatable bonds is 6. The second-order valence-electron chi connectivity index (χ2n) is 7.34. The number of hydrogen-bond donors (Lipinski definition) is 1. The van der Waals surface area contributed by atoms with Crippen molar-refractivity contribution in [3.63, 3.8) is 0 Å². The molecule has 0 spiro atoms. The van der Waals surface area contributed by atoms with E-state index < -0.39 is 10.1 Å². The Morgan fingerprint density at radius 2 is 0.971 bits per heavy atom. The normalized spacial score (nSPS) is 11.2. The summed E-state index contributed by atoms with van der Waals surface area (Å²) in [7, 11) is -4.39. The van der Waals surface area contributed by atoms with Gasteiger partial charge in [-0.3, -0.25) is 4.55 Å². The van der Waals surface area contributed by atoms with Gasteiger partial charge in [-0.25, -0.2) is 0 Å². The molecule has 0 saturated heterocycles. The van der Waals surface area contributed by atoms with Crippen molar-refractivity contribution in [2.75, 3.05) is 0 Å². The first-order valence-electron chi connectivity index (χ1n) is 10.2. The molecule has 0 radical (unpaired) electrons. The summed E-state index contributed by atoms with van der Waals surface area (Å²) >= 11 is 0. The average molecular weight is 487 g/mol. The second kappa shape index (κ2) is 13.4. The first-order chi connectivity index (χ1) is 15.5. The van der Waals surface area contributed by atoms with Crippen LogP contribution in [0.5, 0.6) is 0 Å². The van der Waals surface area contributed by atoms with Crippen molar-refractivity contribution in [1.29, 1.82) is 0 Å². The summed E-state index contributed by atoms with van der Waals surface area (Å²) in [4.78, 5) is -0.111. The molecular formula is C28H24Na2O3S. The molecule has 0 aliphatic carbocycles. The third kappa shape index (κ3) is 7.91. The SMILES string of the molecule is O=S(=O)(O)c1cc(C=Cc2ccccc2)ccc1-c1ccc(C=Cc2ccccc2)cc1.[H-].[H-].[Na+].[Na+]. The van der Waals surface area contributed by atoms with Gasteiger partial charge in [0.1, 0.15) is 4.90 Å². The van der Waals surface area contributed by atoms with Crippen LogP contribution in [0.3, 0.4) is 0 Å². The van der Waals surface area contributed by atoms with Crippen LogP contribution in [0, 0.1) is 0 Å². The van der Waals surface area contributed by atoms with Gasteiger partial charge in [0.2, 0.25) is 0 Å². The Morgan fingerprint density at radius 1 is 0.559 bits per heavy atom. The van der Waals surface area contributed by atoms with E-state index in [1.54, 1.807) is 6.07 Å². The van der Waals surface area contributed by atoms with Gasteiger partial charge in [0.05, 0.1) is 0 Å². The van der Waals surface area contributed by atoms with Crippen LogP contribution >= 0.6 is 0 Å². The van der Waals surface area contributed by atoms with Crippen LogP contribution in [0.15, 0.2) is 108 Å². The van der Waals surface area contributed by atoms with E-state index in [0.29, 0.717) is 16.7 Å². The van der Waals surface area contributed by atoms with Crippen LogP contribution in [0.1, 0.15) is 25.1 Å². The van der Waals surface area contributed by atoms with Gasteiger partial charge in [0.15, 0.2) is 0 Å². The smallest absolute Gasteiger partial charge is 1.00 e. The molecular weight excluding hydrogens is 462 g/mol. The first-order valence-corrected chi connectivity index (χ1v) is 11.6. The largest absolute Gasteiger partial charge is 1.00 e. The molecule has 0 bridgehead atoms. The van der Waals surface area contributed by atoms with Crippen molar-refractivity contribution in [2.24, 2.45) is 0 Å². The van der Waals surface area contributed by atoms with E-state index >= 15 is 0 Å². The Hall–Kier alpha value is -1.73. The predicted molar refractivity (Wildman–Crippen MR) is 135 cm³/mol. The van der Waals surface area contributed by atoms with Crippen LogP contribution < -0.4 is 59.1 Å². The topological polar surface area (TPSA) is 54.4 Å². The molecule has 34 heavy (non-hydrogen) atoms. The molecule has 0 aliphatic heterocycles. The third-order valence-corrected chi connectivity index (χ3v) is 5.93. The van der Waals surface area contributed by atoms with E-state index in [2.05, 4.69) is 0 Å². The summed E-state index contributed by atoms with van der Waals surface area (Å²) in [5.41, 5.74) is 4.96. The van der Waals surface area contributed by atoms with E-state index in [9.17, 15) is 13.0 Å². The molecule has 0 heterocycles. The molecule has 0 aliphatic rings. The zero-order valence-electron chi connectivity index (χ0n) is 21.3. The van der Waals surface area contributed by atoms with E-state index in [0.717, 1.165) is 16.7 Å². The van der Waals surface area contributed by atoms with Gasteiger partial charge >= 0.3 is 59.1 Å². The second-order valence-corrected chi connectivity index (χ2v) is 8.73. The molecule has 0 atom stereocenters. The summed E-state index contributed by atoms with van der Waals surface area (Å²) in [6.07, 6.45) is 7.74. The van der Waals surface area contributed by atoms with Crippen molar-refractivity contribution in [1.82, 2.24) is 0 Å². The van der Waals surface area contributed by atoms with E-state index in [-0.39, 0.29) is 66.9 Å². The maximum absolute atomic E-state index is 12.1. The fourth-order valence-corrected chi connectivity index (χ4v) is 4.13. The van der Waals surface area contributed by atoms with Crippen LogP contribution in [-0.4, -0.2) is 13.0 Å². The van der Waals surface area contributed by atoms with Gasteiger partial charge in [-0.2, -0.15) is 8.42 Å². The molecule has 1 N–H and O–H groups in total. The molecule has 4 rings (SSSR count). The zero-order valence-corrected chi connectivity index (χ0v) is 24.1. The number of benzene rings is 4. The minimum atomic E-state index is -4.39. The molecule has 4 aromatic rings. The molecule has 3 nitrogen and oxygen atoms in total. The standard InChI is InChI=1S/C28H22O3S.2Na.2H/c29-32(30,31)28-21-25(14-13-23-9-5-2-6-10-23)17-20-27(28)26-18-15-24(16-19-26)12-11-22-7-3-1-4-8-22;;;;/h1-21H,(H,29,30,31);;;;/q;2*+1;2*-1. The Morgan fingerprint density at radius 3 is 1.44 bits per heavy atom. The molecule has 0 aromatic heterocycles. The Bertz CT molecular complexity index is 1380. The summed E-state index contributed by atoms with van der Waals surface area (Å²) < 4.78 is 34.0. The van der Waals surface area contributed by atoms with E-state index in [1.165, 1.54) is 6.07 Å². The van der Waals surface area contributed by atoms with Crippen molar-refractivity contribution in [3.8, 4) is 11.1 Å². The van der Waals surface area contributed by atoms with Crippen LogP contribution in [0.2, 0.25) is 0 Å². The monoisotopic (exact) mass is 486 g/mol. The van der Waals surface area contributed by atoms with E-state index in [1.807, 2.05) is 115 Å². The van der Waals surface area contributed by atoms with Crippen molar-refractivity contribution < 1.29 is 74.9 Å². The zero-order chi connectivity index (χ0) is 22.4. The Kier molecular flexibility index (Phi) is 11.2. The van der Waals surface area contributed by atoms with Crippen molar-refractivity contribution in [3.05, 3.63) is 125 Å². The fourth-order valence-electron chi connectivity index (χ4n) is 3.38.